The highest BCUT2D eigenvalue weighted by molar-refractivity contribution is 7.09. The summed E-state index contributed by atoms with van der Waals surface area (Å²) in [6.07, 6.45) is 2.27. The zero-order valence-corrected chi connectivity index (χ0v) is 13.8. The molecule has 2 aromatic heterocycles. The molecular weight excluding hydrogens is 278 g/mol. The standard InChI is InChI=1S/C17H25N3S/c1-3-10-18-13-15-6-4-7-16(19-15)14-20(2)11-9-17-8-5-12-21-17/h4-8,12,18H,3,9-11,13-14H2,1-2H3. The lowest BCUT2D eigenvalue weighted by atomic mass is 10.2. The van der Waals surface area contributed by atoms with Crippen LogP contribution in [0.2, 0.25) is 0 Å². The second kappa shape index (κ2) is 8.93. The predicted molar refractivity (Wildman–Crippen MR) is 90.6 cm³/mol. The molecule has 1 N–H and O–H groups in total. The van der Waals surface area contributed by atoms with Gasteiger partial charge in [0.2, 0.25) is 0 Å². The average molecular weight is 303 g/mol. The van der Waals surface area contributed by atoms with Crippen LogP contribution in [0.5, 0.6) is 0 Å². The summed E-state index contributed by atoms with van der Waals surface area (Å²) in [5.41, 5.74) is 2.28. The Balaban J connectivity index is 1.79. The fourth-order valence-electron chi connectivity index (χ4n) is 2.22. The third-order valence-corrected chi connectivity index (χ3v) is 4.29. The van der Waals surface area contributed by atoms with Crippen molar-refractivity contribution in [3.8, 4) is 0 Å². The maximum absolute atomic E-state index is 4.73. The molecule has 0 saturated carbocycles. The summed E-state index contributed by atoms with van der Waals surface area (Å²) in [5, 5.41) is 5.54. The van der Waals surface area contributed by atoms with Crippen LogP contribution in [0.4, 0.5) is 0 Å². The first-order valence-electron chi connectivity index (χ1n) is 7.64. The van der Waals surface area contributed by atoms with Crippen LogP contribution in [0.15, 0.2) is 35.7 Å². The van der Waals surface area contributed by atoms with Crippen LogP contribution in [0.3, 0.4) is 0 Å². The van der Waals surface area contributed by atoms with Crippen LogP contribution in [0.25, 0.3) is 0 Å². The molecule has 2 rings (SSSR count). The quantitative estimate of drug-likeness (QED) is 0.720. The lowest BCUT2D eigenvalue weighted by Gasteiger charge is -2.16. The Labute approximate surface area is 132 Å². The van der Waals surface area contributed by atoms with E-state index in [0.717, 1.165) is 50.4 Å². The van der Waals surface area contributed by atoms with Gasteiger partial charge in [-0.25, -0.2) is 0 Å². The second-order valence-corrected chi connectivity index (χ2v) is 6.40. The number of aromatic nitrogens is 1. The van der Waals surface area contributed by atoms with E-state index in [2.05, 4.69) is 59.9 Å². The molecule has 0 bridgehead atoms. The van der Waals surface area contributed by atoms with Crippen molar-refractivity contribution in [1.29, 1.82) is 0 Å². The van der Waals surface area contributed by atoms with Crippen LogP contribution in [0.1, 0.15) is 29.6 Å². The van der Waals surface area contributed by atoms with Crippen molar-refractivity contribution in [3.63, 3.8) is 0 Å². The molecule has 21 heavy (non-hydrogen) atoms. The maximum atomic E-state index is 4.73. The van der Waals surface area contributed by atoms with E-state index in [4.69, 9.17) is 4.98 Å². The van der Waals surface area contributed by atoms with Gasteiger partial charge in [-0.1, -0.05) is 19.1 Å². The molecule has 0 amide bonds. The van der Waals surface area contributed by atoms with Crippen molar-refractivity contribution >= 4 is 11.3 Å². The lowest BCUT2D eigenvalue weighted by Crippen LogP contribution is -2.22. The van der Waals surface area contributed by atoms with Gasteiger partial charge in [0.05, 0.1) is 11.4 Å². The first-order chi connectivity index (χ1) is 10.3. The van der Waals surface area contributed by atoms with Gasteiger partial charge in [0.25, 0.3) is 0 Å². The zero-order valence-electron chi connectivity index (χ0n) is 13.0. The van der Waals surface area contributed by atoms with Crippen molar-refractivity contribution < 1.29 is 0 Å². The Kier molecular flexibility index (Phi) is 6.86. The fourth-order valence-corrected chi connectivity index (χ4v) is 2.92. The monoisotopic (exact) mass is 303 g/mol. The molecule has 0 aliphatic heterocycles. The van der Waals surface area contributed by atoms with Crippen molar-refractivity contribution in [2.45, 2.75) is 32.9 Å². The Morgan fingerprint density at radius 1 is 1.19 bits per heavy atom. The molecule has 3 nitrogen and oxygen atoms in total. The topological polar surface area (TPSA) is 28.2 Å². The van der Waals surface area contributed by atoms with E-state index in [1.807, 2.05) is 11.3 Å². The normalized spacial score (nSPS) is 11.2. The number of nitrogens with zero attached hydrogens (tertiary/aromatic N) is 2. The zero-order chi connectivity index (χ0) is 14.9. The largest absolute Gasteiger partial charge is 0.311 e. The molecule has 0 fully saturated rings. The minimum atomic E-state index is 0.862. The van der Waals surface area contributed by atoms with Crippen molar-refractivity contribution in [1.82, 2.24) is 15.2 Å². The van der Waals surface area contributed by atoms with E-state index in [1.165, 1.54) is 4.88 Å². The van der Waals surface area contributed by atoms with Crippen LogP contribution >= 0.6 is 11.3 Å². The van der Waals surface area contributed by atoms with E-state index in [-0.39, 0.29) is 0 Å². The van der Waals surface area contributed by atoms with Crippen LogP contribution in [0, 0.1) is 0 Å². The number of thiophene rings is 1. The number of nitrogens with one attached hydrogen (secondary N) is 1. The second-order valence-electron chi connectivity index (χ2n) is 5.36. The molecular formula is C17H25N3S. The predicted octanol–water partition coefficient (Wildman–Crippen LogP) is 3.32. The van der Waals surface area contributed by atoms with Crippen molar-refractivity contribution in [2.75, 3.05) is 20.1 Å². The first kappa shape index (κ1) is 16.1. The minimum Gasteiger partial charge on any atom is -0.311 e. The van der Waals surface area contributed by atoms with Crippen LogP contribution < -0.4 is 5.32 Å². The van der Waals surface area contributed by atoms with Gasteiger partial charge in [-0.15, -0.1) is 11.3 Å². The lowest BCUT2D eigenvalue weighted by molar-refractivity contribution is 0.327. The highest BCUT2D eigenvalue weighted by atomic mass is 32.1. The van der Waals surface area contributed by atoms with Crippen LogP contribution in [-0.2, 0) is 19.5 Å². The summed E-state index contributed by atoms with van der Waals surface area (Å²) in [4.78, 5) is 8.52. The van der Waals surface area contributed by atoms with E-state index in [0.29, 0.717) is 0 Å². The number of hydrogen-bond donors (Lipinski definition) is 1. The van der Waals surface area contributed by atoms with Gasteiger partial charge in [-0.2, -0.15) is 0 Å². The molecule has 2 heterocycles. The third kappa shape index (κ3) is 5.96. The molecule has 0 aromatic carbocycles. The fraction of sp³-hybridized carbons (Fsp3) is 0.471. The van der Waals surface area contributed by atoms with E-state index >= 15 is 0 Å². The molecule has 0 unspecified atom stereocenters. The van der Waals surface area contributed by atoms with Crippen LogP contribution in [-0.4, -0.2) is 30.0 Å². The van der Waals surface area contributed by atoms with Crippen molar-refractivity contribution in [2.24, 2.45) is 0 Å². The average Bonchev–Trinajstić information content (AvgIpc) is 2.99. The number of likely N-dealkylation sites (N-methyl/N-ethyl adjacent to an activating group) is 1. The Morgan fingerprint density at radius 3 is 2.81 bits per heavy atom. The van der Waals surface area contributed by atoms with Gasteiger partial charge in [0, 0.05) is 24.5 Å². The Morgan fingerprint density at radius 2 is 2.05 bits per heavy atom. The van der Waals surface area contributed by atoms with Gasteiger partial charge in [-0.3, -0.25) is 4.98 Å². The van der Waals surface area contributed by atoms with Gasteiger partial charge >= 0.3 is 0 Å². The summed E-state index contributed by atoms with van der Waals surface area (Å²) in [6, 6.07) is 10.6. The summed E-state index contributed by atoms with van der Waals surface area (Å²) in [7, 11) is 2.16. The Bertz CT molecular complexity index is 511. The maximum Gasteiger partial charge on any atom is 0.0547 e. The summed E-state index contributed by atoms with van der Waals surface area (Å²) in [6.45, 7) is 6.07. The molecule has 0 saturated heterocycles. The Hall–Kier alpha value is -1.23. The van der Waals surface area contributed by atoms with Gasteiger partial charge < -0.3 is 10.2 Å². The van der Waals surface area contributed by atoms with Gasteiger partial charge in [0.1, 0.15) is 0 Å². The SMILES string of the molecule is CCCNCc1cccc(CN(C)CCc2cccs2)n1. The number of pyridine rings is 1. The van der Waals surface area contributed by atoms with E-state index < -0.39 is 0 Å². The highest BCUT2D eigenvalue weighted by Gasteiger charge is 2.04. The number of rotatable bonds is 9. The van der Waals surface area contributed by atoms with Crippen molar-refractivity contribution in [3.05, 3.63) is 52.0 Å². The molecule has 0 aliphatic carbocycles. The summed E-state index contributed by atoms with van der Waals surface area (Å²) in [5.74, 6) is 0. The molecule has 2 aromatic rings. The van der Waals surface area contributed by atoms with Gasteiger partial charge in [-0.05, 0) is 50.0 Å². The summed E-state index contributed by atoms with van der Waals surface area (Å²) < 4.78 is 0. The molecule has 4 heteroatoms. The summed E-state index contributed by atoms with van der Waals surface area (Å²) >= 11 is 1.83. The molecule has 0 spiro atoms. The smallest absolute Gasteiger partial charge is 0.0547 e. The molecule has 0 radical (unpaired) electrons. The highest BCUT2D eigenvalue weighted by Crippen LogP contribution is 2.10. The minimum absolute atomic E-state index is 0.862. The first-order valence-corrected chi connectivity index (χ1v) is 8.52. The van der Waals surface area contributed by atoms with Gasteiger partial charge in [0.15, 0.2) is 0 Å². The van der Waals surface area contributed by atoms with E-state index in [1.54, 1.807) is 0 Å². The number of hydrogen-bond acceptors (Lipinski definition) is 4. The molecule has 0 aliphatic rings. The third-order valence-electron chi connectivity index (χ3n) is 3.35. The molecule has 114 valence electrons. The molecule has 0 atom stereocenters. The van der Waals surface area contributed by atoms with E-state index in [9.17, 15) is 0 Å².